The topological polar surface area (TPSA) is 64.1 Å². The normalized spacial score (nSPS) is 11.0. The smallest absolute Gasteiger partial charge is 0.358 e. The highest BCUT2D eigenvalue weighted by atomic mass is 16.5. The lowest BCUT2D eigenvalue weighted by molar-refractivity contribution is 0.0593. The number of rotatable bonds is 3. The Bertz CT molecular complexity index is 372. The quantitative estimate of drug-likeness (QED) is 0.790. The van der Waals surface area contributed by atoms with Gasteiger partial charge >= 0.3 is 5.97 Å². The highest BCUT2D eigenvalue weighted by molar-refractivity contribution is 5.87. The lowest BCUT2D eigenvalue weighted by atomic mass is 9.97. The van der Waals surface area contributed by atoms with Gasteiger partial charge in [0.1, 0.15) is 5.82 Å². The number of carbonyl (C=O) groups is 1. The van der Waals surface area contributed by atoms with Gasteiger partial charge in [0.05, 0.1) is 19.5 Å². The molecule has 0 saturated carbocycles. The van der Waals surface area contributed by atoms with Gasteiger partial charge in [-0.2, -0.15) is 0 Å². The van der Waals surface area contributed by atoms with E-state index in [1.807, 2.05) is 0 Å². The lowest BCUT2D eigenvalue weighted by Gasteiger charge is -2.18. The van der Waals surface area contributed by atoms with Gasteiger partial charge in [0, 0.05) is 6.54 Å². The summed E-state index contributed by atoms with van der Waals surface area (Å²) in [6.45, 7) is 7.08. The van der Waals surface area contributed by atoms with E-state index in [-0.39, 0.29) is 11.1 Å². The van der Waals surface area contributed by atoms with E-state index in [0.29, 0.717) is 5.82 Å². The predicted molar refractivity (Wildman–Crippen MR) is 61.3 cm³/mol. The zero-order valence-electron chi connectivity index (χ0n) is 10.1. The number of methoxy groups -OCH3 is 1. The monoisotopic (exact) mass is 223 g/mol. The number of anilines is 1. The average molecular weight is 223 g/mol. The van der Waals surface area contributed by atoms with E-state index < -0.39 is 5.97 Å². The molecule has 0 aliphatic carbocycles. The van der Waals surface area contributed by atoms with Crippen LogP contribution in [-0.4, -0.2) is 29.6 Å². The van der Waals surface area contributed by atoms with Gasteiger partial charge in [-0.1, -0.05) is 20.8 Å². The third kappa shape index (κ3) is 3.84. The minimum absolute atomic E-state index is 0.142. The van der Waals surface area contributed by atoms with Crippen molar-refractivity contribution in [3.63, 3.8) is 0 Å². The van der Waals surface area contributed by atoms with Crippen LogP contribution in [0.5, 0.6) is 0 Å². The summed E-state index contributed by atoms with van der Waals surface area (Å²) < 4.78 is 4.57. The largest absolute Gasteiger partial charge is 0.464 e. The molecule has 0 radical (unpaired) electrons. The number of nitrogens with zero attached hydrogens (tertiary/aromatic N) is 2. The van der Waals surface area contributed by atoms with Crippen molar-refractivity contribution in [1.29, 1.82) is 0 Å². The Labute approximate surface area is 95.3 Å². The summed E-state index contributed by atoms with van der Waals surface area (Å²) in [6.07, 6.45) is 2.96. The number of hydrogen-bond donors (Lipinski definition) is 1. The van der Waals surface area contributed by atoms with Crippen LogP contribution in [0.25, 0.3) is 0 Å². The fourth-order valence-corrected chi connectivity index (χ4v) is 1.01. The van der Waals surface area contributed by atoms with Crippen LogP contribution in [-0.2, 0) is 4.74 Å². The molecule has 1 heterocycles. The summed E-state index contributed by atoms with van der Waals surface area (Å²) >= 11 is 0. The highest BCUT2D eigenvalue weighted by Gasteiger charge is 2.12. The number of nitrogens with one attached hydrogen (secondary N) is 1. The van der Waals surface area contributed by atoms with Crippen LogP contribution < -0.4 is 5.32 Å². The molecule has 0 spiro atoms. The molecule has 0 atom stereocenters. The SMILES string of the molecule is COC(=O)c1cncc(NCC(C)(C)C)n1. The van der Waals surface area contributed by atoms with Crippen molar-refractivity contribution < 1.29 is 9.53 Å². The Kier molecular flexibility index (Phi) is 3.82. The molecular formula is C11H17N3O2. The standard InChI is InChI=1S/C11H17N3O2/c1-11(2,3)7-13-9-6-12-5-8(14-9)10(15)16-4/h5-6H,7H2,1-4H3,(H,13,14). The molecule has 1 aromatic heterocycles. The van der Waals surface area contributed by atoms with Crippen molar-refractivity contribution in [2.45, 2.75) is 20.8 Å². The van der Waals surface area contributed by atoms with Crippen molar-refractivity contribution in [3.05, 3.63) is 18.1 Å². The van der Waals surface area contributed by atoms with Crippen LogP contribution in [0.3, 0.4) is 0 Å². The first-order chi connectivity index (χ1) is 7.42. The first kappa shape index (κ1) is 12.4. The van der Waals surface area contributed by atoms with Crippen LogP contribution in [0, 0.1) is 5.41 Å². The number of esters is 1. The maximum Gasteiger partial charge on any atom is 0.358 e. The number of carbonyl (C=O) groups excluding carboxylic acids is 1. The summed E-state index contributed by atoms with van der Waals surface area (Å²) in [5, 5.41) is 3.12. The molecule has 0 fully saturated rings. The van der Waals surface area contributed by atoms with Crippen LogP contribution in [0.4, 0.5) is 5.82 Å². The maximum absolute atomic E-state index is 11.2. The fourth-order valence-electron chi connectivity index (χ4n) is 1.01. The maximum atomic E-state index is 11.2. The fraction of sp³-hybridized carbons (Fsp3) is 0.545. The molecule has 0 unspecified atom stereocenters. The molecule has 1 aromatic rings. The van der Waals surface area contributed by atoms with E-state index in [1.165, 1.54) is 13.3 Å². The molecule has 0 aliphatic rings. The molecule has 0 aromatic carbocycles. The summed E-state index contributed by atoms with van der Waals surface area (Å²) in [6, 6.07) is 0. The van der Waals surface area contributed by atoms with E-state index >= 15 is 0 Å². The molecule has 5 nitrogen and oxygen atoms in total. The Morgan fingerprint density at radius 1 is 1.44 bits per heavy atom. The second kappa shape index (κ2) is 4.92. The Balaban J connectivity index is 2.71. The van der Waals surface area contributed by atoms with Gasteiger partial charge in [0.2, 0.25) is 0 Å². The van der Waals surface area contributed by atoms with Crippen molar-refractivity contribution in [2.24, 2.45) is 5.41 Å². The van der Waals surface area contributed by atoms with Crippen LogP contribution in [0.15, 0.2) is 12.4 Å². The van der Waals surface area contributed by atoms with Crippen molar-refractivity contribution >= 4 is 11.8 Å². The third-order valence-electron chi connectivity index (χ3n) is 1.83. The third-order valence-corrected chi connectivity index (χ3v) is 1.83. The summed E-state index contributed by atoms with van der Waals surface area (Å²) in [4.78, 5) is 19.2. The Hall–Kier alpha value is -1.65. The van der Waals surface area contributed by atoms with Gasteiger partial charge in [-0.25, -0.2) is 9.78 Å². The highest BCUT2D eigenvalue weighted by Crippen LogP contribution is 2.13. The lowest BCUT2D eigenvalue weighted by Crippen LogP contribution is -2.20. The average Bonchev–Trinajstić information content (AvgIpc) is 2.25. The summed E-state index contributed by atoms with van der Waals surface area (Å²) in [5.74, 6) is 0.102. The van der Waals surface area contributed by atoms with Crippen LogP contribution >= 0.6 is 0 Å². The second-order valence-electron chi connectivity index (χ2n) is 4.70. The van der Waals surface area contributed by atoms with Gasteiger partial charge in [-0.05, 0) is 5.41 Å². The number of aromatic nitrogens is 2. The Morgan fingerprint density at radius 2 is 2.12 bits per heavy atom. The van der Waals surface area contributed by atoms with Gasteiger partial charge in [-0.15, -0.1) is 0 Å². The van der Waals surface area contributed by atoms with Gasteiger partial charge < -0.3 is 10.1 Å². The summed E-state index contributed by atoms with van der Waals surface area (Å²) in [7, 11) is 1.32. The van der Waals surface area contributed by atoms with E-state index in [1.54, 1.807) is 6.20 Å². The molecule has 0 bridgehead atoms. The van der Waals surface area contributed by atoms with Crippen LogP contribution in [0.1, 0.15) is 31.3 Å². The van der Waals surface area contributed by atoms with Crippen molar-refractivity contribution in [3.8, 4) is 0 Å². The first-order valence-corrected chi connectivity index (χ1v) is 5.06. The van der Waals surface area contributed by atoms with Gasteiger partial charge in [-0.3, -0.25) is 4.98 Å². The van der Waals surface area contributed by atoms with Crippen molar-refractivity contribution in [1.82, 2.24) is 9.97 Å². The van der Waals surface area contributed by atoms with E-state index in [4.69, 9.17) is 0 Å². The minimum Gasteiger partial charge on any atom is -0.464 e. The molecule has 1 rings (SSSR count). The number of ether oxygens (including phenoxy) is 1. The van der Waals surface area contributed by atoms with E-state index in [2.05, 4.69) is 40.8 Å². The van der Waals surface area contributed by atoms with Crippen LogP contribution in [0.2, 0.25) is 0 Å². The van der Waals surface area contributed by atoms with Crippen molar-refractivity contribution in [2.75, 3.05) is 19.0 Å². The molecule has 0 saturated heterocycles. The molecule has 1 N–H and O–H groups in total. The zero-order chi connectivity index (χ0) is 12.2. The first-order valence-electron chi connectivity index (χ1n) is 5.06. The zero-order valence-corrected chi connectivity index (χ0v) is 10.1. The minimum atomic E-state index is -0.480. The Morgan fingerprint density at radius 3 is 2.69 bits per heavy atom. The van der Waals surface area contributed by atoms with Gasteiger partial charge in [0.15, 0.2) is 5.69 Å². The molecule has 16 heavy (non-hydrogen) atoms. The van der Waals surface area contributed by atoms with Gasteiger partial charge in [0.25, 0.3) is 0 Å². The molecular weight excluding hydrogens is 206 g/mol. The second-order valence-corrected chi connectivity index (χ2v) is 4.70. The predicted octanol–water partition coefficient (Wildman–Crippen LogP) is 1.72. The molecule has 0 aliphatic heterocycles. The molecule has 0 amide bonds. The van der Waals surface area contributed by atoms with E-state index in [0.717, 1.165) is 6.54 Å². The number of hydrogen-bond acceptors (Lipinski definition) is 5. The summed E-state index contributed by atoms with van der Waals surface area (Å²) in [5.41, 5.74) is 0.351. The molecule has 5 heteroatoms. The van der Waals surface area contributed by atoms with E-state index in [9.17, 15) is 4.79 Å². The molecule has 88 valence electrons.